The zero-order chi connectivity index (χ0) is 25.6. The molecule has 0 heterocycles. The molecule has 35 heavy (non-hydrogen) atoms. The van der Waals surface area contributed by atoms with Crippen LogP contribution >= 0.6 is 11.6 Å². The summed E-state index contributed by atoms with van der Waals surface area (Å²) in [5.41, 5.74) is 2.04. The maximum absolute atomic E-state index is 13.7. The molecule has 0 radical (unpaired) electrons. The van der Waals surface area contributed by atoms with Crippen LogP contribution in [0.2, 0.25) is 5.02 Å². The van der Waals surface area contributed by atoms with Crippen LogP contribution in [0.3, 0.4) is 0 Å². The highest BCUT2D eigenvalue weighted by molar-refractivity contribution is 7.92. The van der Waals surface area contributed by atoms with Crippen LogP contribution in [0.5, 0.6) is 0 Å². The van der Waals surface area contributed by atoms with Crippen molar-refractivity contribution in [1.82, 2.24) is 10.2 Å². The van der Waals surface area contributed by atoms with Gasteiger partial charge < -0.3 is 10.2 Å². The lowest BCUT2D eigenvalue weighted by molar-refractivity contribution is -0.139. The van der Waals surface area contributed by atoms with E-state index < -0.39 is 28.5 Å². The number of nitrogens with zero attached hydrogens (tertiary/aromatic N) is 2. The molecule has 2 aromatic carbocycles. The van der Waals surface area contributed by atoms with Gasteiger partial charge in [-0.05, 0) is 55.5 Å². The van der Waals surface area contributed by atoms with Gasteiger partial charge in [-0.3, -0.25) is 13.9 Å². The molecule has 1 atom stereocenters. The number of hydrogen-bond acceptors (Lipinski definition) is 4. The zero-order valence-corrected chi connectivity index (χ0v) is 22.1. The van der Waals surface area contributed by atoms with Gasteiger partial charge in [-0.1, -0.05) is 61.7 Å². The van der Waals surface area contributed by atoms with Crippen molar-refractivity contribution in [2.75, 3.05) is 17.1 Å². The molecule has 1 aliphatic carbocycles. The summed E-state index contributed by atoms with van der Waals surface area (Å²) in [5.74, 6) is -0.706. The first-order valence-electron chi connectivity index (χ1n) is 12.0. The van der Waals surface area contributed by atoms with E-state index in [9.17, 15) is 18.0 Å². The third-order valence-electron chi connectivity index (χ3n) is 6.43. The van der Waals surface area contributed by atoms with Crippen LogP contribution in [-0.2, 0) is 32.6 Å². The van der Waals surface area contributed by atoms with Gasteiger partial charge in [0.15, 0.2) is 0 Å². The summed E-state index contributed by atoms with van der Waals surface area (Å²) in [4.78, 5) is 28.2. The molecule has 1 saturated carbocycles. The molecule has 1 N–H and O–H groups in total. The predicted octanol–water partition coefficient (Wildman–Crippen LogP) is 4.14. The number of halogens is 1. The summed E-state index contributed by atoms with van der Waals surface area (Å²) in [6, 6.07) is 13.5. The molecule has 1 aliphatic rings. The topological polar surface area (TPSA) is 86.8 Å². The van der Waals surface area contributed by atoms with Crippen LogP contribution in [0, 0.1) is 0 Å². The SMILES string of the molecule is CCc1ccccc1N(CC(=O)N(Cc1cccc(Cl)c1)[C@@H](C)C(=O)NC1CCCC1)S(C)(=O)=O. The Morgan fingerprint density at radius 2 is 1.80 bits per heavy atom. The Bertz CT molecular complexity index is 1150. The average Bonchev–Trinajstić information content (AvgIpc) is 3.32. The highest BCUT2D eigenvalue weighted by Gasteiger charge is 2.31. The van der Waals surface area contributed by atoms with Crippen LogP contribution in [0.1, 0.15) is 50.7 Å². The van der Waals surface area contributed by atoms with Crippen molar-refractivity contribution in [1.29, 1.82) is 0 Å². The second-order valence-corrected chi connectivity index (χ2v) is 11.4. The smallest absolute Gasteiger partial charge is 0.244 e. The van der Waals surface area contributed by atoms with E-state index in [1.54, 1.807) is 37.3 Å². The van der Waals surface area contributed by atoms with Gasteiger partial charge >= 0.3 is 0 Å². The molecule has 190 valence electrons. The maximum atomic E-state index is 13.7. The van der Waals surface area contributed by atoms with E-state index in [0.29, 0.717) is 17.1 Å². The van der Waals surface area contributed by atoms with Crippen LogP contribution in [0.25, 0.3) is 0 Å². The summed E-state index contributed by atoms with van der Waals surface area (Å²) >= 11 is 6.15. The highest BCUT2D eigenvalue weighted by atomic mass is 35.5. The third kappa shape index (κ3) is 7.21. The van der Waals surface area contributed by atoms with Crippen LogP contribution in [0.15, 0.2) is 48.5 Å². The Kier molecular flexibility index (Phi) is 9.19. The zero-order valence-electron chi connectivity index (χ0n) is 20.5. The van der Waals surface area contributed by atoms with E-state index in [1.165, 1.54) is 4.90 Å². The van der Waals surface area contributed by atoms with Crippen molar-refractivity contribution >= 4 is 39.1 Å². The minimum Gasteiger partial charge on any atom is -0.352 e. The predicted molar refractivity (Wildman–Crippen MR) is 140 cm³/mol. The van der Waals surface area contributed by atoms with Crippen molar-refractivity contribution in [3.05, 3.63) is 64.7 Å². The number of sulfonamides is 1. The van der Waals surface area contributed by atoms with Crippen molar-refractivity contribution < 1.29 is 18.0 Å². The molecule has 0 aliphatic heterocycles. The van der Waals surface area contributed by atoms with Gasteiger partial charge in [0.1, 0.15) is 12.6 Å². The highest BCUT2D eigenvalue weighted by Crippen LogP contribution is 2.24. The molecule has 1 fully saturated rings. The van der Waals surface area contributed by atoms with Gasteiger partial charge in [-0.25, -0.2) is 8.42 Å². The number of hydrogen-bond donors (Lipinski definition) is 1. The number of amides is 2. The number of nitrogens with one attached hydrogen (secondary N) is 1. The fraction of sp³-hybridized carbons (Fsp3) is 0.462. The van der Waals surface area contributed by atoms with Gasteiger partial charge in [0, 0.05) is 17.6 Å². The van der Waals surface area contributed by atoms with Gasteiger partial charge in [-0.2, -0.15) is 0 Å². The Balaban J connectivity index is 1.90. The summed E-state index contributed by atoms with van der Waals surface area (Å²) in [5, 5.41) is 3.57. The molecule has 0 saturated heterocycles. The Hall–Kier alpha value is -2.58. The standard InChI is InChI=1S/C26H34ClN3O4S/c1-4-21-11-5-8-15-24(21)30(35(3,33)34)18-25(31)29(17-20-10-9-12-22(27)16-20)19(2)26(32)28-23-13-6-7-14-23/h5,8-12,15-16,19,23H,4,6-7,13-14,17-18H2,1-3H3,(H,28,32)/t19-/m0/s1. The number of carbonyl (C=O) groups excluding carboxylic acids is 2. The van der Waals surface area contributed by atoms with E-state index in [2.05, 4.69) is 5.32 Å². The molecule has 7 nitrogen and oxygen atoms in total. The van der Waals surface area contributed by atoms with E-state index in [0.717, 1.165) is 47.4 Å². The summed E-state index contributed by atoms with van der Waals surface area (Å²) < 4.78 is 26.6. The molecule has 0 bridgehead atoms. The number of rotatable bonds is 10. The molecule has 9 heteroatoms. The number of para-hydroxylation sites is 1. The molecule has 0 spiro atoms. The normalized spacial score (nSPS) is 15.0. The first kappa shape index (κ1) is 27.0. The third-order valence-corrected chi connectivity index (χ3v) is 7.79. The van der Waals surface area contributed by atoms with E-state index in [4.69, 9.17) is 11.6 Å². The molecule has 2 amide bonds. The van der Waals surface area contributed by atoms with Crippen LogP contribution < -0.4 is 9.62 Å². The summed E-state index contributed by atoms with van der Waals surface area (Å²) in [6.45, 7) is 3.34. The molecular formula is C26H34ClN3O4S. The van der Waals surface area contributed by atoms with E-state index >= 15 is 0 Å². The quantitative estimate of drug-likeness (QED) is 0.511. The summed E-state index contributed by atoms with van der Waals surface area (Å²) in [6.07, 6.45) is 5.70. The number of anilines is 1. The van der Waals surface area contributed by atoms with Crippen molar-refractivity contribution in [2.45, 2.75) is 64.6 Å². The Morgan fingerprint density at radius 3 is 2.43 bits per heavy atom. The number of benzene rings is 2. The maximum Gasteiger partial charge on any atom is 0.244 e. The van der Waals surface area contributed by atoms with Crippen LogP contribution in [-0.4, -0.2) is 50.0 Å². The largest absolute Gasteiger partial charge is 0.352 e. The fourth-order valence-corrected chi connectivity index (χ4v) is 5.55. The lowest BCUT2D eigenvalue weighted by atomic mass is 10.1. The fourth-order valence-electron chi connectivity index (χ4n) is 4.45. The van der Waals surface area contributed by atoms with Gasteiger partial charge in [0.25, 0.3) is 0 Å². The average molecular weight is 520 g/mol. The van der Waals surface area contributed by atoms with Gasteiger partial charge in [-0.15, -0.1) is 0 Å². The van der Waals surface area contributed by atoms with Crippen molar-refractivity contribution in [3.8, 4) is 0 Å². The second kappa shape index (κ2) is 11.9. The lowest BCUT2D eigenvalue weighted by Gasteiger charge is -2.32. The van der Waals surface area contributed by atoms with Crippen LogP contribution in [0.4, 0.5) is 5.69 Å². The number of aryl methyl sites for hydroxylation is 1. The lowest BCUT2D eigenvalue weighted by Crippen LogP contribution is -2.52. The minimum atomic E-state index is -3.76. The first-order valence-corrected chi connectivity index (χ1v) is 14.2. The van der Waals surface area contributed by atoms with Crippen molar-refractivity contribution in [3.63, 3.8) is 0 Å². The van der Waals surface area contributed by atoms with Gasteiger partial charge in [0.05, 0.1) is 11.9 Å². The molecule has 3 rings (SSSR count). The summed E-state index contributed by atoms with van der Waals surface area (Å²) in [7, 11) is -3.76. The molecule has 0 unspecified atom stereocenters. The Labute approximate surface area is 213 Å². The van der Waals surface area contributed by atoms with E-state index in [1.807, 2.05) is 25.1 Å². The molecular weight excluding hydrogens is 486 g/mol. The number of carbonyl (C=O) groups is 2. The molecule has 0 aromatic heterocycles. The van der Waals surface area contributed by atoms with E-state index in [-0.39, 0.29) is 18.5 Å². The first-order chi connectivity index (χ1) is 16.6. The minimum absolute atomic E-state index is 0.108. The monoisotopic (exact) mass is 519 g/mol. The Morgan fingerprint density at radius 1 is 1.11 bits per heavy atom. The van der Waals surface area contributed by atoms with Gasteiger partial charge in [0.2, 0.25) is 21.8 Å². The second-order valence-electron chi connectivity index (χ2n) is 9.07. The van der Waals surface area contributed by atoms with Crippen molar-refractivity contribution in [2.24, 2.45) is 0 Å². The molecule has 2 aromatic rings.